The number of nitrogens with one attached hydrogen (secondary N) is 1. The van der Waals surface area contributed by atoms with Crippen molar-refractivity contribution in [2.45, 2.75) is 25.3 Å². The number of pyridine rings is 1. The van der Waals surface area contributed by atoms with Crippen LogP contribution in [0.1, 0.15) is 34.8 Å². The van der Waals surface area contributed by atoms with Crippen molar-refractivity contribution < 1.29 is 14.7 Å². The van der Waals surface area contributed by atoms with Crippen LogP contribution >= 0.6 is 11.6 Å². The third-order valence-corrected chi connectivity index (χ3v) is 4.55. The fraction of sp³-hybridized carbons (Fsp3) is 0.375. The van der Waals surface area contributed by atoms with Crippen molar-refractivity contribution in [3.63, 3.8) is 0 Å². The number of carbonyl (C=O) groups is 2. The van der Waals surface area contributed by atoms with Crippen LogP contribution in [0.5, 0.6) is 0 Å². The lowest BCUT2D eigenvalue weighted by Gasteiger charge is -2.33. The van der Waals surface area contributed by atoms with Gasteiger partial charge in [-0.25, -0.2) is 0 Å². The number of carboxylic acids is 1. The molecule has 3 rings (SSSR count). The van der Waals surface area contributed by atoms with Gasteiger partial charge in [0.15, 0.2) is 0 Å². The highest BCUT2D eigenvalue weighted by atomic mass is 35.5. The average molecular weight is 365 g/mol. The van der Waals surface area contributed by atoms with Crippen molar-refractivity contribution in [1.29, 1.82) is 0 Å². The highest BCUT2D eigenvalue weighted by molar-refractivity contribution is 6.30. The molecule has 25 heavy (non-hydrogen) atoms. The Balaban J connectivity index is 1.78. The minimum Gasteiger partial charge on any atom is -0.480 e. The number of likely N-dealkylation sites (tertiary alicyclic amines) is 1. The first kappa shape index (κ1) is 17.2. The van der Waals surface area contributed by atoms with E-state index in [0.29, 0.717) is 18.7 Å². The molecule has 0 saturated carbocycles. The van der Waals surface area contributed by atoms with Crippen LogP contribution in [0.25, 0.3) is 0 Å². The summed E-state index contributed by atoms with van der Waals surface area (Å²) in [5.74, 6) is -1.17. The van der Waals surface area contributed by atoms with Gasteiger partial charge in [-0.3, -0.25) is 19.1 Å². The fourth-order valence-corrected chi connectivity index (χ4v) is 3.29. The van der Waals surface area contributed by atoms with E-state index in [2.05, 4.69) is 10.1 Å². The summed E-state index contributed by atoms with van der Waals surface area (Å²) in [6.45, 7) is 0.850. The molecule has 2 N–H and O–H groups in total. The van der Waals surface area contributed by atoms with Crippen LogP contribution < -0.4 is 5.56 Å². The number of carboxylic acid groups (broad SMARTS) is 1. The van der Waals surface area contributed by atoms with E-state index >= 15 is 0 Å². The van der Waals surface area contributed by atoms with Crippen LogP contribution in [0.15, 0.2) is 29.3 Å². The van der Waals surface area contributed by atoms with Gasteiger partial charge in [0, 0.05) is 37.1 Å². The molecular formula is C16H17ClN4O4. The Labute approximate surface area is 148 Å². The summed E-state index contributed by atoms with van der Waals surface area (Å²) < 4.78 is 1.46. The van der Waals surface area contributed by atoms with Crippen molar-refractivity contribution in [1.82, 2.24) is 19.7 Å². The van der Waals surface area contributed by atoms with Gasteiger partial charge in [-0.2, -0.15) is 5.10 Å². The number of piperidine rings is 1. The van der Waals surface area contributed by atoms with Gasteiger partial charge in [-0.15, -0.1) is 0 Å². The van der Waals surface area contributed by atoms with E-state index in [0.717, 1.165) is 18.5 Å². The maximum Gasteiger partial charge on any atom is 0.325 e. The lowest BCUT2D eigenvalue weighted by atomic mass is 9.94. The summed E-state index contributed by atoms with van der Waals surface area (Å²) in [5, 5.41) is 13.0. The quantitative estimate of drug-likeness (QED) is 0.850. The number of aromatic amines is 1. The standard InChI is InChI=1S/C16H17ClN4O4/c17-12-6-11(7-18-15(12)24)16(25)20-5-1-2-10(8-20)13-3-4-19-21(13)9-14(22)23/h3-4,6-7,10H,1-2,5,8-9H2,(H,18,24)(H,22,23). The second-order valence-corrected chi connectivity index (χ2v) is 6.37. The predicted octanol–water partition coefficient (Wildman–Crippen LogP) is 1.33. The van der Waals surface area contributed by atoms with Gasteiger partial charge >= 0.3 is 5.97 Å². The number of carbonyl (C=O) groups excluding carboxylic acids is 1. The third-order valence-electron chi connectivity index (χ3n) is 4.27. The molecule has 1 aliphatic rings. The summed E-state index contributed by atoms with van der Waals surface area (Å²) in [6, 6.07) is 3.15. The van der Waals surface area contributed by atoms with Crippen molar-refractivity contribution in [2.24, 2.45) is 0 Å². The molecular weight excluding hydrogens is 348 g/mol. The molecule has 0 spiro atoms. The van der Waals surface area contributed by atoms with Gasteiger partial charge < -0.3 is 15.0 Å². The molecule has 1 saturated heterocycles. The van der Waals surface area contributed by atoms with E-state index in [1.165, 1.54) is 16.9 Å². The van der Waals surface area contributed by atoms with Crippen molar-refractivity contribution in [2.75, 3.05) is 13.1 Å². The molecule has 1 unspecified atom stereocenters. The molecule has 9 heteroatoms. The van der Waals surface area contributed by atoms with Gasteiger partial charge in [-0.1, -0.05) is 11.6 Å². The maximum absolute atomic E-state index is 12.7. The zero-order chi connectivity index (χ0) is 18.0. The van der Waals surface area contributed by atoms with Crippen LogP contribution in [-0.4, -0.2) is 49.7 Å². The number of amides is 1. The maximum atomic E-state index is 12.7. The molecule has 132 valence electrons. The number of H-pyrrole nitrogens is 1. The summed E-state index contributed by atoms with van der Waals surface area (Å²) >= 11 is 5.79. The largest absolute Gasteiger partial charge is 0.480 e. The summed E-state index contributed by atoms with van der Waals surface area (Å²) in [7, 11) is 0. The van der Waals surface area contributed by atoms with Crippen molar-refractivity contribution in [3.8, 4) is 0 Å². The van der Waals surface area contributed by atoms with Gasteiger partial charge in [0.05, 0.1) is 5.56 Å². The minimum absolute atomic E-state index is 0.0118. The molecule has 1 atom stereocenters. The number of hydrogen-bond acceptors (Lipinski definition) is 4. The monoisotopic (exact) mass is 364 g/mol. The summed E-state index contributed by atoms with van der Waals surface area (Å²) in [6.07, 6.45) is 4.57. The van der Waals surface area contributed by atoms with Crippen LogP contribution in [0, 0.1) is 0 Å². The first-order valence-electron chi connectivity index (χ1n) is 7.86. The van der Waals surface area contributed by atoms with Crippen LogP contribution in [0.2, 0.25) is 5.02 Å². The Morgan fingerprint density at radius 3 is 2.96 bits per heavy atom. The number of nitrogens with zero attached hydrogens (tertiary/aromatic N) is 3. The molecule has 0 aromatic carbocycles. The van der Waals surface area contributed by atoms with Crippen molar-refractivity contribution in [3.05, 3.63) is 51.2 Å². The molecule has 1 aliphatic heterocycles. The smallest absolute Gasteiger partial charge is 0.325 e. The predicted molar refractivity (Wildman–Crippen MR) is 89.8 cm³/mol. The molecule has 0 radical (unpaired) electrons. The van der Waals surface area contributed by atoms with Gasteiger partial charge in [0.1, 0.15) is 11.6 Å². The SMILES string of the molecule is O=C(O)Cn1nccc1C1CCCN(C(=O)c2c[nH]c(=O)c(Cl)c2)C1. The molecule has 2 aromatic heterocycles. The number of aromatic nitrogens is 3. The highest BCUT2D eigenvalue weighted by Crippen LogP contribution is 2.27. The van der Waals surface area contributed by atoms with Gasteiger partial charge in [0.2, 0.25) is 0 Å². The minimum atomic E-state index is -0.962. The first-order chi connectivity index (χ1) is 12.0. The van der Waals surface area contributed by atoms with E-state index in [-0.39, 0.29) is 23.4 Å². The molecule has 0 aliphatic carbocycles. The van der Waals surface area contributed by atoms with E-state index in [1.54, 1.807) is 17.2 Å². The van der Waals surface area contributed by atoms with Crippen LogP contribution in [0.4, 0.5) is 0 Å². The van der Waals surface area contributed by atoms with Gasteiger partial charge in [0.25, 0.3) is 11.5 Å². The fourth-order valence-electron chi connectivity index (χ4n) is 3.11. The summed E-state index contributed by atoms with van der Waals surface area (Å²) in [4.78, 5) is 39.1. The first-order valence-corrected chi connectivity index (χ1v) is 8.24. The molecule has 1 amide bonds. The summed E-state index contributed by atoms with van der Waals surface area (Å²) in [5.41, 5.74) is 0.691. The topological polar surface area (TPSA) is 108 Å². The molecule has 2 aromatic rings. The Bertz CT molecular complexity index is 860. The van der Waals surface area contributed by atoms with Gasteiger partial charge in [-0.05, 0) is 25.0 Å². The molecule has 1 fully saturated rings. The Kier molecular flexibility index (Phi) is 4.89. The normalized spacial score (nSPS) is 17.5. The lowest BCUT2D eigenvalue weighted by molar-refractivity contribution is -0.137. The van der Waals surface area contributed by atoms with E-state index in [1.807, 2.05) is 0 Å². The van der Waals surface area contributed by atoms with E-state index in [9.17, 15) is 14.4 Å². The zero-order valence-electron chi connectivity index (χ0n) is 13.3. The Morgan fingerprint density at radius 2 is 2.24 bits per heavy atom. The number of halogens is 1. The van der Waals surface area contributed by atoms with Crippen LogP contribution in [-0.2, 0) is 11.3 Å². The lowest BCUT2D eigenvalue weighted by Crippen LogP contribution is -2.40. The second-order valence-electron chi connectivity index (χ2n) is 5.96. The Hall–Kier alpha value is -2.61. The second kappa shape index (κ2) is 7.10. The molecule has 0 bridgehead atoms. The number of hydrogen-bond donors (Lipinski definition) is 2. The molecule has 8 nitrogen and oxygen atoms in total. The Morgan fingerprint density at radius 1 is 1.44 bits per heavy atom. The third kappa shape index (κ3) is 3.74. The van der Waals surface area contributed by atoms with Crippen LogP contribution in [0.3, 0.4) is 0 Å². The zero-order valence-corrected chi connectivity index (χ0v) is 14.1. The average Bonchev–Trinajstić information content (AvgIpc) is 3.04. The molecule has 3 heterocycles. The van der Waals surface area contributed by atoms with Crippen molar-refractivity contribution >= 4 is 23.5 Å². The van der Waals surface area contributed by atoms with E-state index in [4.69, 9.17) is 16.7 Å². The van der Waals surface area contributed by atoms with E-state index < -0.39 is 11.5 Å². The number of aliphatic carboxylic acids is 1. The number of rotatable bonds is 4. The highest BCUT2D eigenvalue weighted by Gasteiger charge is 2.28.